The zero-order valence-corrected chi connectivity index (χ0v) is 19.4. The zero-order chi connectivity index (χ0) is 22.5. The summed E-state index contributed by atoms with van der Waals surface area (Å²) >= 11 is 9.01. The van der Waals surface area contributed by atoms with Gasteiger partial charge in [0.15, 0.2) is 5.82 Å². The first kappa shape index (κ1) is 21.7. The molecule has 1 heterocycles. The average molecular weight is 507 g/mol. The number of anilines is 2. The summed E-state index contributed by atoms with van der Waals surface area (Å²) in [6.07, 6.45) is 0. The van der Waals surface area contributed by atoms with E-state index in [0.717, 1.165) is 21.3 Å². The minimum Gasteiger partial charge on any atom is -0.307 e. The van der Waals surface area contributed by atoms with Gasteiger partial charge >= 0.3 is 6.03 Å². The molecule has 0 radical (unpaired) electrons. The Hall–Kier alpha value is -3.56. The molecule has 0 aliphatic heterocycles. The molecule has 4 aromatic rings. The van der Waals surface area contributed by atoms with Crippen molar-refractivity contribution in [2.24, 2.45) is 0 Å². The average Bonchev–Trinajstić information content (AvgIpc) is 2.80. The van der Waals surface area contributed by atoms with Crippen LogP contribution in [0, 0.1) is 11.7 Å². The summed E-state index contributed by atoms with van der Waals surface area (Å²) < 4.78 is 2.88. The first-order chi connectivity index (χ1) is 15.5. The molecular weight excluding hydrogens is 488 g/mol. The van der Waals surface area contributed by atoms with Crippen LogP contribution in [0.4, 0.5) is 16.4 Å². The maximum atomic E-state index is 12.4. The number of hydrogen-bond acceptors (Lipinski definition) is 5. The van der Waals surface area contributed by atoms with Gasteiger partial charge in [-0.05, 0) is 55.5 Å². The first-order valence-corrected chi connectivity index (χ1v) is 10.9. The van der Waals surface area contributed by atoms with Crippen LogP contribution < -0.4 is 16.2 Å². The van der Waals surface area contributed by atoms with Gasteiger partial charge < -0.3 is 5.32 Å². The number of amides is 2. The van der Waals surface area contributed by atoms with E-state index < -0.39 is 6.03 Å². The van der Waals surface area contributed by atoms with Gasteiger partial charge in [0.2, 0.25) is 10.7 Å². The van der Waals surface area contributed by atoms with E-state index in [-0.39, 0.29) is 0 Å². The number of aryl methyl sites for hydroxylation is 1. The van der Waals surface area contributed by atoms with Gasteiger partial charge in [-0.3, -0.25) is 9.99 Å². The highest BCUT2D eigenvalue weighted by molar-refractivity contribution is 9.10. The van der Waals surface area contributed by atoms with Crippen LogP contribution >= 0.6 is 28.1 Å². The lowest BCUT2D eigenvalue weighted by atomic mass is 10.2. The molecule has 160 valence electrons. The SMILES string of the molecule is Cc1ccc(NC(=O)NNc2nc(-c3ccccc3)nc(=S)n2-c2ccc(Br)cc2)cc1. The topological polar surface area (TPSA) is 83.9 Å². The van der Waals surface area contributed by atoms with Gasteiger partial charge in [0.05, 0.1) is 5.69 Å². The Morgan fingerprint density at radius 1 is 0.938 bits per heavy atom. The van der Waals surface area contributed by atoms with Crippen molar-refractivity contribution >= 4 is 45.8 Å². The summed E-state index contributed by atoms with van der Waals surface area (Å²) in [5, 5.41) is 2.77. The highest BCUT2D eigenvalue weighted by Gasteiger charge is 2.13. The van der Waals surface area contributed by atoms with E-state index in [2.05, 4.69) is 42.1 Å². The van der Waals surface area contributed by atoms with Gasteiger partial charge in [-0.15, -0.1) is 0 Å². The number of urea groups is 1. The Labute approximate surface area is 198 Å². The fourth-order valence-corrected chi connectivity index (χ4v) is 3.48. The minimum atomic E-state index is -0.443. The molecule has 0 atom stereocenters. The molecule has 0 spiro atoms. The van der Waals surface area contributed by atoms with Gasteiger partial charge in [0.25, 0.3) is 0 Å². The molecule has 0 fully saturated rings. The maximum Gasteiger partial charge on any atom is 0.337 e. The number of carbonyl (C=O) groups is 1. The van der Waals surface area contributed by atoms with Crippen LogP contribution in [0.1, 0.15) is 5.56 Å². The Morgan fingerprint density at radius 3 is 2.31 bits per heavy atom. The van der Waals surface area contributed by atoms with Crippen LogP contribution in [0.3, 0.4) is 0 Å². The number of rotatable bonds is 5. The van der Waals surface area contributed by atoms with Crippen molar-refractivity contribution in [1.29, 1.82) is 0 Å². The van der Waals surface area contributed by atoms with Crippen molar-refractivity contribution in [2.75, 3.05) is 10.7 Å². The number of halogens is 1. The van der Waals surface area contributed by atoms with Crippen LogP contribution in [-0.4, -0.2) is 20.6 Å². The third kappa shape index (κ3) is 5.19. The number of hydrazine groups is 1. The summed E-state index contributed by atoms with van der Waals surface area (Å²) in [4.78, 5) is 21.5. The molecule has 0 bridgehead atoms. The predicted molar refractivity (Wildman–Crippen MR) is 132 cm³/mol. The maximum absolute atomic E-state index is 12.4. The summed E-state index contributed by atoms with van der Waals surface area (Å²) in [6, 6.07) is 24.1. The first-order valence-electron chi connectivity index (χ1n) is 9.72. The van der Waals surface area contributed by atoms with E-state index in [4.69, 9.17) is 12.2 Å². The lowest BCUT2D eigenvalue weighted by Gasteiger charge is -2.16. The Kier molecular flexibility index (Phi) is 6.58. The predicted octanol–water partition coefficient (Wildman–Crippen LogP) is 5.88. The van der Waals surface area contributed by atoms with E-state index in [1.807, 2.05) is 85.8 Å². The lowest BCUT2D eigenvalue weighted by molar-refractivity contribution is 0.253. The summed E-state index contributed by atoms with van der Waals surface area (Å²) in [6.45, 7) is 1.98. The van der Waals surface area contributed by atoms with Crippen molar-refractivity contribution in [1.82, 2.24) is 20.0 Å². The second kappa shape index (κ2) is 9.71. The van der Waals surface area contributed by atoms with E-state index in [0.29, 0.717) is 22.2 Å². The van der Waals surface area contributed by atoms with Crippen molar-refractivity contribution < 1.29 is 4.79 Å². The summed E-state index contributed by atoms with van der Waals surface area (Å²) in [7, 11) is 0. The lowest BCUT2D eigenvalue weighted by Crippen LogP contribution is -2.35. The number of carbonyl (C=O) groups excluding carboxylic acids is 1. The molecule has 2 amide bonds. The molecule has 0 aliphatic rings. The van der Waals surface area contributed by atoms with Crippen molar-refractivity contribution in [2.45, 2.75) is 6.92 Å². The summed E-state index contributed by atoms with van der Waals surface area (Å²) in [5.41, 5.74) is 8.85. The molecule has 0 saturated carbocycles. The molecule has 1 aromatic heterocycles. The van der Waals surface area contributed by atoms with Crippen LogP contribution in [0.25, 0.3) is 17.1 Å². The molecular formula is C23H19BrN6OS. The monoisotopic (exact) mass is 506 g/mol. The van der Waals surface area contributed by atoms with Gasteiger partial charge in [-0.1, -0.05) is 64.0 Å². The zero-order valence-electron chi connectivity index (χ0n) is 17.0. The largest absolute Gasteiger partial charge is 0.337 e. The molecule has 9 heteroatoms. The Morgan fingerprint density at radius 2 is 1.62 bits per heavy atom. The second-order valence-electron chi connectivity index (χ2n) is 6.90. The fourth-order valence-electron chi connectivity index (χ4n) is 2.94. The normalized spacial score (nSPS) is 10.4. The van der Waals surface area contributed by atoms with Crippen LogP contribution in [0.2, 0.25) is 0 Å². The fraction of sp³-hybridized carbons (Fsp3) is 0.0435. The number of hydrogen-bond donors (Lipinski definition) is 3. The Balaban J connectivity index is 1.65. The number of nitrogens with zero attached hydrogens (tertiary/aromatic N) is 3. The van der Waals surface area contributed by atoms with Crippen molar-refractivity contribution in [3.63, 3.8) is 0 Å². The summed E-state index contributed by atoms with van der Waals surface area (Å²) in [5.74, 6) is 0.775. The standard InChI is InChI=1S/C23H19BrN6OS/c1-15-7-11-18(12-8-15)25-22(31)29-28-21-26-20(16-5-3-2-4-6-16)27-23(32)30(21)19-13-9-17(24)10-14-19/h2-14H,1H3,(H2,25,29,31)(H,26,27,28,32). The van der Waals surface area contributed by atoms with Gasteiger partial charge in [0.1, 0.15) is 0 Å². The van der Waals surface area contributed by atoms with E-state index in [9.17, 15) is 4.79 Å². The number of nitrogens with one attached hydrogen (secondary N) is 3. The highest BCUT2D eigenvalue weighted by Crippen LogP contribution is 2.21. The molecule has 3 aromatic carbocycles. The van der Waals surface area contributed by atoms with Crippen molar-refractivity contribution in [3.05, 3.63) is 93.7 Å². The quantitative estimate of drug-likeness (QED) is 0.232. The van der Waals surface area contributed by atoms with Crippen LogP contribution in [0.5, 0.6) is 0 Å². The second-order valence-corrected chi connectivity index (χ2v) is 8.18. The number of aromatic nitrogens is 3. The molecule has 0 aliphatic carbocycles. The van der Waals surface area contributed by atoms with Gasteiger partial charge in [-0.25, -0.2) is 10.2 Å². The number of benzene rings is 3. The van der Waals surface area contributed by atoms with Gasteiger partial charge in [0, 0.05) is 15.7 Å². The molecule has 0 unspecified atom stereocenters. The third-order valence-electron chi connectivity index (χ3n) is 4.53. The molecule has 7 nitrogen and oxygen atoms in total. The van der Waals surface area contributed by atoms with Crippen LogP contribution in [-0.2, 0) is 0 Å². The smallest absolute Gasteiger partial charge is 0.307 e. The molecule has 32 heavy (non-hydrogen) atoms. The van der Waals surface area contributed by atoms with E-state index in [1.165, 1.54) is 0 Å². The highest BCUT2D eigenvalue weighted by atomic mass is 79.9. The minimum absolute atomic E-state index is 0.296. The molecule has 3 N–H and O–H groups in total. The van der Waals surface area contributed by atoms with Crippen LogP contribution in [0.15, 0.2) is 83.3 Å². The van der Waals surface area contributed by atoms with Gasteiger partial charge in [-0.2, -0.15) is 9.97 Å². The Bertz CT molecular complexity index is 1290. The van der Waals surface area contributed by atoms with E-state index in [1.54, 1.807) is 4.57 Å². The van der Waals surface area contributed by atoms with E-state index >= 15 is 0 Å². The van der Waals surface area contributed by atoms with Crippen molar-refractivity contribution in [3.8, 4) is 17.1 Å². The molecule has 0 saturated heterocycles. The molecule has 4 rings (SSSR count). The third-order valence-corrected chi connectivity index (χ3v) is 5.33.